The van der Waals surface area contributed by atoms with Crippen LogP contribution in [0.3, 0.4) is 0 Å². The van der Waals surface area contributed by atoms with Crippen LogP contribution >= 0.6 is 0 Å². The first-order valence-electron chi connectivity index (χ1n) is 18.5. The van der Waals surface area contributed by atoms with Crippen molar-refractivity contribution in [2.75, 3.05) is 6.61 Å². The van der Waals surface area contributed by atoms with Crippen molar-refractivity contribution in [1.29, 1.82) is 0 Å². The average molecular weight is 735 g/mol. The molecule has 10 atom stereocenters. The maximum absolute atomic E-state index is 15.1. The Hall–Kier alpha value is -1.92. The molecule has 8 fully saturated rings. The van der Waals surface area contributed by atoms with Gasteiger partial charge in [-0.1, -0.05) is 99.9 Å². The molecule has 8 aliphatic rings. The molecule has 6 aliphatic carbocycles. The fourth-order valence-electron chi connectivity index (χ4n) is 13.9. The zero-order valence-electron chi connectivity index (χ0n) is 29.7. The molecule has 304 valence electrons. The molecule has 52 heavy (non-hydrogen) atoms. The van der Waals surface area contributed by atoms with Crippen LogP contribution in [-0.4, -0.2) is 36.1 Å². The molecule has 2 heterocycles. The minimum atomic E-state index is -0.869. The zero-order chi connectivity index (χ0) is 33.3. The van der Waals surface area contributed by atoms with Gasteiger partial charge in [-0.3, -0.25) is 19.2 Å². The van der Waals surface area contributed by atoms with Crippen molar-refractivity contribution < 1.29 is 33.4 Å². The lowest BCUT2D eigenvalue weighted by Crippen LogP contribution is -2.61. The topological polar surface area (TPSA) is 96.0 Å². The molecular formula is C45H82O7. The maximum Gasteiger partial charge on any atom is 0.318 e. The van der Waals surface area contributed by atoms with Gasteiger partial charge in [0.05, 0.1) is 30.3 Å². The van der Waals surface area contributed by atoms with E-state index in [1.807, 2.05) is 13.8 Å². The molecule has 0 radical (unpaired) electrons. The second kappa shape index (κ2) is 15.7. The average Bonchev–Trinajstić information content (AvgIpc) is 3.67. The van der Waals surface area contributed by atoms with Gasteiger partial charge in [-0.15, -0.1) is 0 Å². The normalized spacial score (nSPS) is 39.6. The quantitative estimate of drug-likeness (QED) is 0.132. The van der Waals surface area contributed by atoms with Gasteiger partial charge in [0.2, 0.25) is 0 Å². The summed E-state index contributed by atoms with van der Waals surface area (Å²) in [7, 11) is 0. The third-order valence-corrected chi connectivity index (χ3v) is 15.9. The van der Waals surface area contributed by atoms with Gasteiger partial charge in [0.1, 0.15) is 5.60 Å². The van der Waals surface area contributed by atoms with E-state index in [4.69, 9.17) is 14.2 Å². The van der Waals surface area contributed by atoms with Gasteiger partial charge in [-0.2, -0.15) is 0 Å². The van der Waals surface area contributed by atoms with Crippen LogP contribution in [0.15, 0.2) is 0 Å². The van der Waals surface area contributed by atoms with Crippen molar-refractivity contribution in [2.24, 2.45) is 93.2 Å². The summed E-state index contributed by atoms with van der Waals surface area (Å²) in [5, 5.41) is 0. The second-order valence-electron chi connectivity index (χ2n) is 19.2. The lowest BCUT2D eigenvalue weighted by Gasteiger charge is -2.63. The van der Waals surface area contributed by atoms with Crippen LogP contribution < -0.4 is 0 Å². The molecule has 6 saturated carbocycles. The third-order valence-electron chi connectivity index (χ3n) is 15.9. The number of esters is 4. The number of fused-ring (bicyclic) bond motifs is 5. The third kappa shape index (κ3) is 6.81. The molecule has 10 unspecified atom stereocenters. The van der Waals surface area contributed by atoms with Crippen LogP contribution in [0.4, 0.5) is 0 Å². The number of cyclic esters (lactones) is 3. The molecule has 7 nitrogen and oxygen atoms in total. The van der Waals surface area contributed by atoms with Crippen molar-refractivity contribution >= 4 is 23.9 Å². The molecule has 0 aromatic carbocycles. The Morgan fingerprint density at radius 2 is 1.29 bits per heavy atom. The monoisotopic (exact) mass is 735 g/mol. The maximum atomic E-state index is 15.1. The van der Waals surface area contributed by atoms with Gasteiger partial charge in [-0.05, 0) is 116 Å². The van der Waals surface area contributed by atoms with E-state index in [2.05, 4.69) is 41.5 Å². The summed E-state index contributed by atoms with van der Waals surface area (Å²) in [4.78, 5) is 53.7. The fourth-order valence-corrected chi connectivity index (χ4v) is 13.9. The highest BCUT2D eigenvalue weighted by molar-refractivity contribution is 5.97. The predicted octanol–water partition coefficient (Wildman–Crippen LogP) is 11.1. The number of ether oxygens (including phenoxy) is 3. The smallest absolute Gasteiger partial charge is 0.318 e. The molecule has 0 amide bonds. The van der Waals surface area contributed by atoms with Crippen LogP contribution in [0, 0.1) is 93.2 Å². The molecule has 7 heteroatoms. The van der Waals surface area contributed by atoms with Crippen molar-refractivity contribution in [3.8, 4) is 0 Å². The van der Waals surface area contributed by atoms with Crippen molar-refractivity contribution in [2.45, 2.75) is 164 Å². The Labute approximate surface area is 320 Å². The van der Waals surface area contributed by atoms with Gasteiger partial charge in [-0.25, -0.2) is 0 Å². The standard InChI is InChI=1S/C39H58O7.6CH4/c1-19(2)38(9,39-14-22-10-23(15-39)12-24(11-22)16-39)46-33(41)28(37(7,8)31-21(4)32(40)45-35(31)43)17-36(5,6)30-20(3)25-13-26(30)27-18-44-34(42)29(25)27;;;;;;/h19-31H,10-18H2,1-9H3;6*1H4. The van der Waals surface area contributed by atoms with E-state index in [1.165, 1.54) is 19.3 Å². The number of hydrogen-bond acceptors (Lipinski definition) is 7. The highest BCUT2D eigenvalue weighted by Crippen LogP contribution is 2.68. The summed E-state index contributed by atoms with van der Waals surface area (Å²) in [5.74, 6) is 0.677. The highest BCUT2D eigenvalue weighted by atomic mass is 16.6. The van der Waals surface area contributed by atoms with E-state index >= 15 is 4.79 Å². The van der Waals surface area contributed by atoms with Gasteiger partial charge in [0.15, 0.2) is 0 Å². The van der Waals surface area contributed by atoms with Gasteiger partial charge in [0, 0.05) is 11.3 Å². The first kappa shape index (κ1) is 48.1. The summed E-state index contributed by atoms with van der Waals surface area (Å²) in [6.07, 6.45) is 8.94. The fraction of sp³-hybridized carbons (Fsp3) is 0.911. The van der Waals surface area contributed by atoms with Crippen molar-refractivity contribution in [3.05, 3.63) is 0 Å². The van der Waals surface area contributed by atoms with Crippen LogP contribution in [0.5, 0.6) is 0 Å². The summed E-state index contributed by atoms with van der Waals surface area (Å²) in [6.45, 7) is 19.7. The van der Waals surface area contributed by atoms with E-state index < -0.39 is 40.7 Å². The minimum absolute atomic E-state index is 0. The largest absolute Gasteiger partial charge is 0.465 e. The molecule has 0 aromatic rings. The Bertz CT molecular complexity index is 1280. The lowest BCUT2D eigenvalue weighted by molar-refractivity contribution is -0.225. The molecular weight excluding hydrogens is 652 g/mol. The lowest BCUT2D eigenvalue weighted by atomic mass is 9.44. The van der Waals surface area contributed by atoms with Crippen LogP contribution in [0.1, 0.15) is 158 Å². The van der Waals surface area contributed by atoms with Gasteiger partial charge >= 0.3 is 23.9 Å². The predicted molar refractivity (Wildman–Crippen MR) is 212 cm³/mol. The Balaban J connectivity index is 0.00000225. The summed E-state index contributed by atoms with van der Waals surface area (Å²) < 4.78 is 17.8. The minimum Gasteiger partial charge on any atom is -0.465 e. The van der Waals surface area contributed by atoms with Gasteiger partial charge in [0.25, 0.3) is 0 Å². The highest BCUT2D eigenvalue weighted by Gasteiger charge is 2.66. The molecule has 2 saturated heterocycles. The second-order valence-corrected chi connectivity index (χ2v) is 19.2. The molecule has 0 aromatic heterocycles. The molecule has 8 rings (SSSR count). The molecule has 0 N–H and O–H groups in total. The number of rotatable bonds is 9. The molecule has 6 bridgehead atoms. The van der Waals surface area contributed by atoms with Crippen molar-refractivity contribution in [3.63, 3.8) is 0 Å². The summed E-state index contributed by atoms with van der Waals surface area (Å²) in [6, 6.07) is 0. The number of carbonyl (C=O) groups is 4. The van der Waals surface area contributed by atoms with E-state index in [1.54, 1.807) is 6.92 Å². The number of hydrogen-bond donors (Lipinski definition) is 0. The first-order chi connectivity index (χ1) is 21.4. The SMILES string of the molecule is C.C.C.C.C.C.CC1C(=O)OC(=O)C1C(C)(C)C(CC(C)(C)C1C(C)C2CC1C1COC(=O)C21)C(=O)OC(C)(C(C)C)C12CC3CC(CC(C3)C1)C2. The molecule has 0 spiro atoms. The van der Waals surface area contributed by atoms with E-state index in [0.717, 1.165) is 43.4 Å². The first-order valence-corrected chi connectivity index (χ1v) is 18.5. The summed E-state index contributed by atoms with van der Waals surface area (Å²) >= 11 is 0. The Morgan fingerprint density at radius 1 is 0.769 bits per heavy atom. The van der Waals surface area contributed by atoms with E-state index in [0.29, 0.717) is 36.7 Å². The van der Waals surface area contributed by atoms with E-state index in [9.17, 15) is 14.4 Å². The van der Waals surface area contributed by atoms with E-state index in [-0.39, 0.29) is 85.1 Å². The molecule has 2 aliphatic heterocycles. The Morgan fingerprint density at radius 3 is 1.75 bits per heavy atom. The Kier molecular flexibility index (Phi) is 14.5. The number of carbonyl (C=O) groups excluding carboxylic acids is 4. The zero-order valence-corrected chi connectivity index (χ0v) is 29.7. The van der Waals surface area contributed by atoms with Crippen LogP contribution in [0.25, 0.3) is 0 Å². The van der Waals surface area contributed by atoms with Crippen LogP contribution in [0.2, 0.25) is 0 Å². The van der Waals surface area contributed by atoms with Gasteiger partial charge < -0.3 is 14.2 Å². The summed E-state index contributed by atoms with van der Waals surface area (Å²) in [5.41, 5.74) is -1.79. The van der Waals surface area contributed by atoms with Crippen LogP contribution in [-0.2, 0) is 33.4 Å². The van der Waals surface area contributed by atoms with Crippen molar-refractivity contribution in [1.82, 2.24) is 0 Å².